The highest BCUT2D eigenvalue weighted by atomic mass is 16.2. The summed E-state index contributed by atoms with van der Waals surface area (Å²) in [5.74, 6) is 0.0124. The van der Waals surface area contributed by atoms with Gasteiger partial charge in [-0.05, 0) is 25.0 Å². The van der Waals surface area contributed by atoms with Gasteiger partial charge >= 0.3 is 0 Å². The van der Waals surface area contributed by atoms with Gasteiger partial charge in [0.1, 0.15) is 0 Å². The van der Waals surface area contributed by atoms with Crippen molar-refractivity contribution in [2.45, 2.75) is 90.9 Å². The minimum atomic E-state index is 0.0124. The number of hydrogen-bond acceptors (Lipinski definition) is 2. The Balaban J connectivity index is 2.00. The van der Waals surface area contributed by atoms with E-state index in [0.717, 1.165) is 24.1 Å². The van der Waals surface area contributed by atoms with Crippen LogP contribution in [0.2, 0.25) is 0 Å². The SMILES string of the molecule is CCCCCCCCCCCCCC(=O)N/N=C(C)\C=C\c1ccccc1. The van der Waals surface area contributed by atoms with Crippen molar-refractivity contribution in [2.75, 3.05) is 0 Å². The largest absolute Gasteiger partial charge is 0.273 e. The van der Waals surface area contributed by atoms with Gasteiger partial charge in [-0.2, -0.15) is 5.10 Å². The Labute approximate surface area is 166 Å². The predicted molar refractivity (Wildman–Crippen MR) is 118 cm³/mol. The molecule has 3 nitrogen and oxygen atoms in total. The lowest BCUT2D eigenvalue weighted by Crippen LogP contribution is -2.18. The lowest BCUT2D eigenvalue weighted by Gasteiger charge is -2.03. The second kappa shape index (κ2) is 16.3. The lowest BCUT2D eigenvalue weighted by atomic mass is 10.1. The van der Waals surface area contributed by atoms with Crippen LogP contribution in [-0.2, 0) is 4.79 Å². The third kappa shape index (κ3) is 13.9. The van der Waals surface area contributed by atoms with Crippen LogP contribution < -0.4 is 5.43 Å². The van der Waals surface area contributed by atoms with E-state index >= 15 is 0 Å². The predicted octanol–water partition coefficient (Wildman–Crippen LogP) is 6.89. The number of hydrogen-bond donors (Lipinski definition) is 1. The molecule has 0 unspecified atom stereocenters. The van der Waals surface area contributed by atoms with E-state index in [4.69, 9.17) is 0 Å². The van der Waals surface area contributed by atoms with Crippen LogP contribution in [0.15, 0.2) is 41.5 Å². The van der Waals surface area contributed by atoms with Crippen LogP contribution in [0.4, 0.5) is 0 Å². The first kappa shape index (κ1) is 23.1. The molecule has 0 heterocycles. The van der Waals surface area contributed by atoms with Crippen LogP contribution in [0, 0.1) is 0 Å². The van der Waals surface area contributed by atoms with Crippen molar-refractivity contribution in [3.63, 3.8) is 0 Å². The van der Waals surface area contributed by atoms with Gasteiger partial charge in [-0.15, -0.1) is 0 Å². The van der Waals surface area contributed by atoms with Crippen LogP contribution in [0.1, 0.15) is 96.5 Å². The normalized spacial score (nSPS) is 11.9. The van der Waals surface area contributed by atoms with Crippen molar-refractivity contribution >= 4 is 17.7 Å². The molecule has 0 radical (unpaired) electrons. The highest BCUT2D eigenvalue weighted by molar-refractivity contribution is 5.96. The van der Waals surface area contributed by atoms with Gasteiger partial charge in [0.25, 0.3) is 0 Å². The Kier molecular flexibility index (Phi) is 14.0. The summed E-state index contributed by atoms with van der Waals surface area (Å²) in [4.78, 5) is 11.8. The van der Waals surface area contributed by atoms with Crippen molar-refractivity contribution in [2.24, 2.45) is 5.10 Å². The second-order valence-electron chi connectivity index (χ2n) is 7.32. The van der Waals surface area contributed by atoms with Crippen molar-refractivity contribution in [3.05, 3.63) is 42.0 Å². The molecule has 0 saturated heterocycles. The summed E-state index contributed by atoms with van der Waals surface area (Å²) in [5, 5.41) is 4.14. The standard InChI is InChI=1S/C24H38N2O/c1-3-4-5-6-7-8-9-10-11-12-16-19-24(27)26-25-22(2)20-21-23-17-14-13-15-18-23/h13-15,17-18,20-21H,3-12,16,19H2,1-2H3,(H,26,27)/b21-20+,25-22-. The van der Waals surface area contributed by atoms with Crippen molar-refractivity contribution in [1.82, 2.24) is 5.43 Å². The van der Waals surface area contributed by atoms with Gasteiger partial charge in [0.2, 0.25) is 5.91 Å². The first-order chi connectivity index (χ1) is 13.2. The Morgan fingerprint density at radius 3 is 2.04 bits per heavy atom. The third-order valence-electron chi connectivity index (χ3n) is 4.68. The smallest absolute Gasteiger partial charge is 0.240 e. The number of rotatable bonds is 15. The molecule has 0 atom stereocenters. The minimum absolute atomic E-state index is 0.0124. The Morgan fingerprint density at radius 1 is 0.889 bits per heavy atom. The van der Waals surface area contributed by atoms with Gasteiger partial charge in [0.15, 0.2) is 0 Å². The quantitative estimate of drug-likeness (QED) is 0.204. The molecule has 0 spiro atoms. The van der Waals surface area contributed by atoms with Crippen molar-refractivity contribution in [1.29, 1.82) is 0 Å². The van der Waals surface area contributed by atoms with Crippen LogP contribution >= 0.6 is 0 Å². The van der Waals surface area contributed by atoms with Crippen LogP contribution in [0.3, 0.4) is 0 Å². The number of unbranched alkanes of at least 4 members (excludes halogenated alkanes) is 10. The van der Waals surface area contributed by atoms with E-state index in [2.05, 4.69) is 17.5 Å². The maximum atomic E-state index is 11.8. The van der Waals surface area contributed by atoms with E-state index in [9.17, 15) is 4.79 Å². The lowest BCUT2D eigenvalue weighted by molar-refractivity contribution is -0.121. The molecule has 1 amide bonds. The molecule has 1 aromatic carbocycles. The zero-order valence-corrected chi connectivity index (χ0v) is 17.4. The Hall–Kier alpha value is -1.90. The van der Waals surface area contributed by atoms with E-state index in [1.165, 1.54) is 57.8 Å². The van der Waals surface area contributed by atoms with Crippen molar-refractivity contribution in [3.8, 4) is 0 Å². The summed E-state index contributed by atoms with van der Waals surface area (Å²) in [5.41, 5.74) is 4.57. The Bertz CT molecular complexity index is 549. The molecule has 0 aromatic heterocycles. The van der Waals surface area contributed by atoms with E-state index in [-0.39, 0.29) is 5.91 Å². The topological polar surface area (TPSA) is 41.5 Å². The fourth-order valence-corrected chi connectivity index (χ4v) is 2.97. The maximum absolute atomic E-state index is 11.8. The van der Waals surface area contributed by atoms with Gasteiger partial charge in [0, 0.05) is 6.42 Å². The second-order valence-corrected chi connectivity index (χ2v) is 7.32. The van der Waals surface area contributed by atoms with E-state index in [1.807, 2.05) is 49.4 Å². The van der Waals surface area contributed by atoms with Crippen LogP contribution in [0.5, 0.6) is 0 Å². The Morgan fingerprint density at radius 2 is 1.44 bits per heavy atom. The summed E-state index contributed by atoms with van der Waals surface area (Å²) in [6.45, 7) is 4.15. The number of hydrazone groups is 1. The number of carbonyl (C=O) groups is 1. The summed E-state index contributed by atoms with van der Waals surface area (Å²) < 4.78 is 0. The molecule has 150 valence electrons. The fourth-order valence-electron chi connectivity index (χ4n) is 2.97. The molecule has 0 bridgehead atoms. The number of benzene rings is 1. The first-order valence-corrected chi connectivity index (χ1v) is 10.8. The molecule has 27 heavy (non-hydrogen) atoms. The van der Waals surface area contributed by atoms with Gasteiger partial charge in [-0.25, -0.2) is 5.43 Å². The zero-order valence-electron chi connectivity index (χ0n) is 17.4. The first-order valence-electron chi connectivity index (χ1n) is 10.8. The van der Waals surface area contributed by atoms with Crippen LogP contribution in [0.25, 0.3) is 6.08 Å². The minimum Gasteiger partial charge on any atom is -0.273 e. The molecular formula is C24H38N2O. The average Bonchev–Trinajstić information content (AvgIpc) is 2.69. The van der Waals surface area contributed by atoms with Gasteiger partial charge in [-0.3, -0.25) is 4.79 Å². The number of nitrogens with one attached hydrogen (secondary N) is 1. The number of allylic oxidation sites excluding steroid dienone is 1. The van der Waals surface area contributed by atoms with E-state index < -0.39 is 0 Å². The number of amides is 1. The number of carbonyl (C=O) groups excluding carboxylic acids is 1. The van der Waals surface area contributed by atoms with Crippen molar-refractivity contribution < 1.29 is 4.79 Å². The fraction of sp³-hybridized carbons (Fsp3) is 0.583. The third-order valence-corrected chi connectivity index (χ3v) is 4.68. The zero-order chi connectivity index (χ0) is 19.6. The molecule has 1 rings (SSSR count). The summed E-state index contributed by atoms with van der Waals surface area (Å²) in [6, 6.07) is 10.1. The molecule has 3 heteroatoms. The van der Waals surface area contributed by atoms with Gasteiger partial charge in [-0.1, -0.05) is 108 Å². The van der Waals surface area contributed by atoms with E-state index in [1.54, 1.807) is 0 Å². The van der Waals surface area contributed by atoms with E-state index in [0.29, 0.717) is 6.42 Å². The van der Waals surface area contributed by atoms with Gasteiger partial charge in [0.05, 0.1) is 5.71 Å². The maximum Gasteiger partial charge on any atom is 0.240 e. The molecule has 0 saturated carbocycles. The highest BCUT2D eigenvalue weighted by Crippen LogP contribution is 2.11. The number of nitrogens with zero attached hydrogens (tertiary/aromatic N) is 1. The molecule has 1 N–H and O–H groups in total. The molecule has 0 aliphatic heterocycles. The summed E-state index contributed by atoms with van der Waals surface area (Å²) in [6.07, 6.45) is 18.7. The van der Waals surface area contributed by atoms with Crippen LogP contribution in [-0.4, -0.2) is 11.6 Å². The average molecular weight is 371 g/mol. The van der Waals surface area contributed by atoms with Gasteiger partial charge < -0.3 is 0 Å². The monoisotopic (exact) mass is 370 g/mol. The molecule has 0 fully saturated rings. The molecule has 0 aliphatic rings. The highest BCUT2D eigenvalue weighted by Gasteiger charge is 2.00. The molecular weight excluding hydrogens is 332 g/mol. The summed E-state index contributed by atoms with van der Waals surface area (Å²) in [7, 11) is 0. The molecule has 1 aromatic rings. The molecule has 0 aliphatic carbocycles. The summed E-state index contributed by atoms with van der Waals surface area (Å²) >= 11 is 0.